The second kappa shape index (κ2) is 8.13. The number of carbonyl (C=O) groups is 2. The summed E-state index contributed by atoms with van der Waals surface area (Å²) in [5.74, 6) is -0.147. The summed E-state index contributed by atoms with van der Waals surface area (Å²) in [4.78, 5) is 25.6. The van der Waals surface area contributed by atoms with Crippen molar-refractivity contribution in [2.24, 2.45) is 0 Å². The molecule has 0 fully saturated rings. The first-order valence-electron chi connectivity index (χ1n) is 8.83. The first kappa shape index (κ1) is 19.4. The Kier molecular flexibility index (Phi) is 5.85. The highest BCUT2D eigenvalue weighted by Crippen LogP contribution is 2.43. The fourth-order valence-corrected chi connectivity index (χ4v) is 4.22. The zero-order chi connectivity index (χ0) is 19.6. The number of allylic oxidation sites excluding steroid dienone is 3. The Bertz CT molecular complexity index is 869. The third-order valence-electron chi connectivity index (χ3n) is 4.84. The number of rotatable bonds is 5. The average Bonchev–Trinajstić information content (AvgIpc) is 2.65. The summed E-state index contributed by atoms with van der Waals surface area (Å²) in [7, 11) is 1.59. The predicted octanol–water partition coefficient (Wildman–Crippen LogP) is 4.15. The summed E-state index contributed by atoms with van der Waals surface area (Å²) in [6.07, 6.45) is 3.62. The lowest BCUT2D eigenvalue weighted by Crippen LogP contribution is -2.34. The molecular weight excluding hydrogens is 410 g/mol. The van der Waals surface area contributed by atoms with Crippen LogP contribution in [0.3, 0.4) is 0 Å². The highest BCUT2D eigenvalue weighted by atomic mass is 79.9. The van der Waals surface area contributed by atoms with Crippen LogP contribution in [0.2, 0.25) is 0 Å². The minimum Gasteiger partial charge on any atom is -0.496 e. The number of carbonyl (C=O) groups excluding carboxylic acids is 2. The number of Topliss-reactive ketones (excluding diaryl/α,β-unsaturated/α-hetero) is 1. The molecule has 1 aromatic rings. The van der Waals surface area contributed by atoms with Crippen LogP contribution in [-0.2, 0) is 14.3 Å². The van der Waals surface area contributed by atoms with Crippen LogP contribution in [0.1, 0.15) is 37.7 Å². The molecule has 0 saturated heterocycles. The standard InChI is InChI=1S/C21H22BrNO4/c1-4-10-27-21(25)18-12(2)23-15-6-5-7-16(24)20(15)19(18)13-8-9-17(26-3)14(22)11-13/h4,8-9,11,19,23H,1,5-7,10H2,2-3H3/t19-/m1/s1. The van der Waals surface area contributed by atoms with Crippen LogP contribution in [0.25, 0.3) is 0 Å². The van der Waals surface area contributed by atoms with Gasteiger partial charge in [-0.1, -0.05) is 18.7 Å². The van der Waals surface area contributed by atoms with E-state index in [1.54, 1.807) is 7.11 Å². The highest BCUT2D eigenvalue weighted by molar-refractivity contribution is 9.10. The Hall–Kier alpha value is -2.34. The summed E-state index contributed by atoms with van der Waals surface area (Å²) >= 11 is 3.50. The van der Waals surface area contributed by atoms with Gasteiger partial charge in [-0.3, -0.25) is 4.79 Å². The second-order valence-corrected chi connectivity index (χ2v) is 7.40. The molecule has 142 valence electrons. The van der Waals surface area contributed by atoms with Gasteiger partial charge in [0.2, 0.25) is 0 Å². The zero-order valence-electron chi connectivity index (χ0n) is 15.4. The highest BCUT2D eigenvalue weighted by Gasteiger charge is 2.39. The van der Waals surface area contributed by atoms with Gasteiger partial charge in [-0.05, 0) is 53.4 Å². The summed E-state index contributed by atoms with van der Waals surface area (Å²) in [5, 5.41) is 3.27. The lowest BCUT2D eigenvalue weighted by Gasteiger charge is -2.34. The van der Waals surface area contributed by atoms with Crippen molar-refractivity contribution < 1.29 is 19.1 Å². The van der Waals surface area contributed by atoms with Gasteiger partial charge in [0, 0.05) is 29.3 Å². The molecule has 0 spiro atoms. The van der Waals surface area contributed by atoms with Crippen molar-refractivity contribution in [3.63, 3.8) is 0 Å². The largest absolute Gasteiger partial charge is 0.496 e. The van der Waals surface area contributed by atoms with Crippen LogP contribution in [0.15, 0.2) is 57.9 Å². The molecule has 27 heavy (non-hydrogen) atoms. The molecule has 1 atom stereocenters. The van der Waals surface area contributed by atoms with E-state index in [2.05, 4.69) is 27.8 Å². The normalized spacial score (nSPS) is 19.4. The lowest BCUT2D eigenvalue weighted by atomic mass is 9.75. The molecular formula is C21H22BrNO4. The first-order valence-corrected chi connectivity index (χ1v) is 9.62. The Morgan fingerprint density at radius 3 is 2.85 bits per heavy atom. The Balaban J connectivity index is 2.14. The van der Waals surface area contributed by atoms with E-state index >= 15 is 0 Å². The molecule has 0 radical (unpaired) electrons. The summed E-state index contributed by atoms with van der Waals surface area (Å²) < 4.78 is 11.4. The van der Waals surface area contributed by atoms with Crippen LogP contribution < -0.4 is 10.1 Å². The monoisotopic (exact) mass is 431 g/mol. The van der Waals surface area contributed by atoms with Crippen LogP contribution in [0.5, 0.6) is 5.75 Å². The van der Waals surface area contributed by atoms with E-state index in [4.69, 9.17) is 9.47 Å². The van der Waals surface area contributed by atoms with Gasteiger partial charge < -0.3 is 14.8 Å². The average molecular weight is 432 g/mol. The maximum Gasteiger partial charge on any atom is 0.337 e. The molecule has 5 nitrogen and oxygen atoms in total. The van der Waals surface area contributed by atoms with Crippen molar-refractivity contribution in [2.45, 2.75) is 32.1 Å². The molecule has 3 rings (SSSR count). The van der Waals surface area contributed by atoms with Gasteiger partial charge in [0.25, 0.3) is 0 Å². The molecule has 0 bridgehead atoms. The number of hydrogen-bond donors (Lipinski definition) is 1. The van der Waals surface area contributed by atoms with Gasteiger partial charge in [-0.15, -0.1) is 0 Å². The van der Waals surface area contributed by atoms with E-state index in [1.807, 2.05) is 25.1 Å². The summed E-state index contributed by atoms with van der Waals surface area (Å²) in [6, 6.07) is 5.62. The molecule has 1 aliphatic carbocycles. The number of benzene rings is 1. The van der Waals surface area contributed by atoms with Gasteiger partial charge in [0.05, 0.1) is 17.2 Å². The number of ketones is 1. The molecule has 2 aliphatic rings. The summed E-state index contributed by atoms with van der Waals surface area (Å²) in [5.41, 5.74) is 3.59. The number of esters is 1. The van der Waals surface area contributed by atoms with Crippen molar-refractivity contribution in [3.8, 4) is 5.75 Å². The van der Waals surface area contributed by atoms with Gasteiger partial charge in [-0.2, -0.15) is 0 Å². The molecule has 1 heterocycles. The number of nitrogens with one attached hydrogen (secondary N) is 1. The molecule has 1 aromatic carbocycles. The van der Waals surface area contributed by atoms with E-state index in [0.717, 1.165) is 34.3 Å². The third kappa shape index (κ3) is 3.72. The smallest absolute Gasteiger partial charge is 0.337 e. The van der Waals surface area contributed by atoms with Crippen LogP contribution >= 0.6 is 15.9 Å². The number of hydrogen-bond acceptors (Lipinski definition) is 5. The number of halogens is 1. The van der Waals surface area contributed by atoms with E-state index in [-0.39, 0.29) is 12.4 Å². The number of ether oxygens (including phenoxy) is 2. The second-order valence-electron chi connectivity index (χ2n) is 6.55. The zero-order valence-corrected chi connectivity index (χ0v) is 17.0. The quantitative estimate of drug-likeness (QED) is 0.560. The molecule has 0 saturated carbocycles. The van der Waals surface area contributed by atoms with E-state index in [1.165, 1.54) is 6.08 Å². The molecule has 0 amide bonds. The molecule has 0 aromatic heterocycles. The SMILES string of the molecule is C=CCOC(=O)C1=C(C)NC2=C(C(=O)CCC2)[C@@H]1c1ccc(OC)c(Br)c1. The maximum absolute atomic E-state index is 12.8. The Labute approximate surface area is 167 Å². The topological polar surface area (TPSA) is 64.6 Å². The molecule has 1 aliphatic heterocycles. The fourth-order valence-electron chi connectivity index (χ4n) is 3.66. The van der Waals surface area contributed by atoms with Crippen molar-refractivity contribution >= 4 is 27.7 Å². The minimum atomic E-state index is -0.464. The molecule has 0 unspecified atom stereocenters. The molecule has 6 heteroatoms. The van der Waals surface area contributed by atoms with Gasteiger partial charge in [-0.25, -0.2) is 4.79 Å². The molecule has 1 N–H and O–H groups in total. The lowest BCUT2D eigenvalue weighted by molar-refractivity contribution is -0.138. The van der Waals surface area contributed by atoms with Gasteiger partial charge in [0.1, 0.15) is 12.4 Å². The van der Waals surface area contributed by atoms with E-state index < -0.39 is 11.9 Å². The van der Waals surface area contributed by atoms with Crippen molar-refractivity contribution in [3.05, 3.63) is 63.4 Å². The van der Waals surface area contributed by atoms with Crippen LogP contribution in [0, 0.1) is 0 Å². The first-order chi connectivity index (χ1) is 13.0. The van der Waals surface area contributed by atoms with E-state index in [9.17, 15) is 9.59 Å². The minimum absolute atomic E-state index is 0.0715. The number of dihydropyridines is 1. The fraction of sp³-hybridized carbons (Fsp3) is 0.333. The Morgan fingerprint density at radius 1 is 1.41 bits per heavy atom. The van der Waals surface area contributed by atoms with Gasteiger partial charge in [0.15, 0.2) is 5.78 Å². The van der Waals surface area contributed by atoms with Crippen LogP contribution in [-0.4, -0.2) is 25.5 Å². The van der Waals surface area contributed by atoms with E-state index in [0.29, 0.717) is 23.3 Å². The number of methoxy groups -OCH3 is 1. The van der Waals surface area contributed by atoms with Crippen LogP contribution in [0.4, 0.5) is 0 Å². The van der Waals surface area contributed by atoms with Crippen molar-refractivity contribution in [2.75, 3.05) is 13.7 Å². The third-order valence-corrected chi connectivity index (χ3v) is 5.46. The van der Waals surface area contributed by atoms with Gasteiger partial charge >= 0.3 is 5.97 Å². The summed E-state index contributed by atoms with van der Waals surface area (Å²) in [6.45, 7) is 5.56. The maximum atomic E-state index is 12.8. The Morgan fingerprint density at radius 2 is 2.19 bits per heavy atom. The predicted molar refractivity (Wildman–Crippen MR) is 106 cm³/mol. The van der Waals surface area contributed by atoms with Crippen molar-refractivity contribution in [1.82, 2.24) is 5.32 Å². The van der Waals surface area contributed by atoms with Crippen molar-refractivity contribution in [1.29, 1.82) is 0 Å².